The van der Waals surface area contributed by atoms with Crippen molar-refractivity contribution in [3.8, 4) is 0 Å². The molecule has 9 heteroatoms. The van der Waals surface area contributed by atoms with Crippen LogP contribution in [0.2, 0.25) is 0 Å². The smallest absolute Gasteiger partial charge is 0.243 e. The zero-order chi connectivity index (χ0) is 22.1. The van der Waals surface area contributed by atoms with Gasteiger partial charge in [0.1, 0.15) is 5.82 Å². The minimum atomic E-state index is -3.57. The second-order valence-corrected chi connectivity index (χ2v) is 10.2. The number of aryl methyl sites for hydroxylation is 2. The largest absolute Gasteiger partial charge is 0.379 e. The number of hydrogen-bond donors (Lipinski definition) is 0. The average molecular weight is 437 g/mol. The van der Waals surface area contributed by atoms with E-state index in [2.05, 4.69) is 4.98 Å². The SMILES string of the molecule is CC(C)N(C(=O)CCc1nc2cc(S(=O)(=O)N3CCOCC3)ccc2n1C)C(C)C. The molecule has 1 saturated heterocycles. The molecule has 0 spiro atoms. The quantitative estimate of drug-likeness (QED) is 0.664. The molecule has 166 valence electrons. The zero-order valence-electron chi connectivity index (χ0n) is 18.5. The first-order chi connectivity index (χ1) is 14.1. The van der Waals surface area contributed by atoms with Crippen LogP contribution in [0.25, 0.3) is 11.0 Å². The number of sulfonamides is 1. The molecule has 0 N–H and O–H groups in total. The summed E-state index contributed by atoms with van der Waals surface area (Å²) >= 11 is 0. The Morgan fingerprint density at radius 3 is 2.40 bits per heavy atom. The van der Waals surface area contributed by atoms with Crippen molar-refractivity contribution in [3.05, 3.63) is 24.0 Å². The summed E-state index contributed by atoms with van der Waals surface area (Å²) in [6.07, 6.45) is 0.873. The Morgan fingerprint density at radius 1 is 1.17 bits per heavy atom. The van der Waals surface area contributed by atoms with Crippen LogP contribution in [0.5, 0.6) is 0 Å². The van der Waals surface area contributed by atoms with E-state index >= 15 is 0 Å². The first-order valence-electron chi connectivity index (χ1n) is 10.5. The molecule has 0 aliphatic carbocycles. The van der Waals surface area contributed by atoms with Gasteiger partial charge in [0.15, 0.2) is 0 Å². The summed E-state index contributed by atoms with van der Waals surface area (Å²) in [6.45, 7) is 9.61. The second kappa shape index (κ2) is 9.03. The number of aromatic nitrogens is 2. The molecule has 1 amide bonds. The molecule has 2 heterocycles. The Hall–Kier alpha value is -1.97. The van der Waals surface area contributed by atoms with Crippen LogP contribution < -0.4 is 0 Å². The summed E-state index contributed by atoms with van der Waals surface area (Å²) in [5, 5.41) is 0. The van der Waals surface area contributed by atoms with Crippen LogP contribution in [0.3, 0.4) is 0 Å². The van der Waals surface area contributed by atoms with E-state index in [0.29, 0.717) is 44.7 Å². The van der Waals surface area contributed by atoms with Gasteiger partial charge in [-0.05, 0) is 45.9 Å². The molecular formula is C21H32N4O4S. The molecule has 3 rings (SSSR count). The van der Waals surface area contributed by atoms with E-state index in [-0.39, 0.29) is 22.9 Å². The lowest BCUT2D eigenvalue weighted by molar-refractivity contribution is -0.134. The van der Waals surface area contributed by atoms with Crippen molar-refractivity contribution in [2.75, 3.05) is 26.3 Å². The highest BCUT2D eigenvalue weighted by Gasteiger charge is 2.27. The lowest BCUT2D eigenvalue weighted by Gasteiger charge is -2.30. The molecule has 0 unspecified atom stereocenters. The maximum absolute atomic E-state index is 12.9. The maximum Gasteiger partial charge on any atom is 0.243 e. The minimum Gasteiger partial charge on any atom is -0.379 e. The first-order valence-corrected chi connectivity index (χ1v) is 11.9. The molecule has 30 heavy (non-hydrogen) atoms. The van der Waals surface area contributed by atoms with Crippen LogP contribution in [-0.2, 0) is 33.0 Å². The summed E-state index contributed by atoms with van der Waals surface area (Å²) in [6, 6.07) is 5.33. The van der Waals surface area contributed by atoms with Gasteiger partial charge in [-0.15, -0.1) is 0 Å². The van der Waals surface area contributed by atoms with E-state index in [1.165, 1.54) is 4.31 Å². The van der Waals surface area contributed by atoms with Crippen LogP contribution in [0.1, 0.15) is 39.9 Å². The van der Waals surface area contributed by atoms with E-state index in [9.17, 15) is 13.2 Å². The van der Waals surface area contributed by atoms with Crippen molar-refractivity contribution >= 4 is 27.0 Å². The molecule has 0 saturated carbocycles. The van der Waals surface area contributed by atoms with Gasteiger partial charge < -0.3 is 14.2 Å². The fraction of sp³-hybridized carbons (Fsp3) is 0.619. The van der Waals surface area contributed by atoms with E-state index in [4.69, 9.17) is 4.74 Å². The van der Waals surface area contributed by atoms with Crippen LogP contribution in [0, 0.1) is 0 Å². The monoisotopic (exact) mass is 436 g/mol. The topological polar surface area (TPSA) is 84.7 Å². The van der Waals surface area contributed by atoms with E-state index < -0.39 is 10.0 Å². The number of amides is 1. The molecule has 0 radical (unpaired) electrons. The van der Waals surface area contributed by atoms with Gasteiger partial charge in [-0.1, -0.05) is 0 Å². The summed E-state index contributed by atoms with van der Waals surface area (Å²) in [4.78, 5) is 19.4. The zero-order valence-corrected chi connectivity index (χ0v) is 19.3. The number of fused-ring (bicyclic) bond motifs is 1. The highest BCUT2D eigenvalue weighted by atomic mass is 32.2. The summed E-state index contributed by atoms with van der Waals surface area (Å²) in [7, 11) is -1.67. The van der Waals surface area contributed by atoms with E-state index in [1.54, 1.807) is 18.2 Å². The summed E-state index contributed by atoms with van der Waals surface area (Å²) in [5.41, 5.74) is 1.47. The molecule has 8 nitrogen and oxygen atoms in total. The third-order valence-electron chi connectivity index (χ3n) is 5.52. The van der Waals surface area contributed by atoms with Crippen molar-refractivity contribution in [2.24, 2.45) is 7.05 Å². The number of carbonyl (C=O) groups excluding carboxylic acids is 1. The highest BCUT2D eigenvalue weighted by molar-refractivity contribution is 7.89. The van der Waals surface area contributed by atoms with Crippen molar-refractivity contribution < 1.29 is 17.9 Å². The Kier molecular flexibility index (Phi) is 6.84. The standard InChI is InChI=1S/C21H32N4O4S/c1-15(2)25(16(3)4)21(26)9-8-20-22-18-14-17(6-7-19(18)23(20)5)30(27,28)24-10-12-29-13-11-24/h6-7,14-16H,8-13H2,1-5H3. The molecule has 0 atom stereocenters. The number of morpholine rings is 1. The molecule has 2 aromatic rings. The van der Waals surface area contributed by atoms with Gasteiger partial charge in [0.2, 0.25) is 15.9 Å². The Morgan fingerprint density at radius 2 is 1.80 bits per heavy atom. The van der Waals surface area contributed by atoms with E-state index in [1.807, 2.05) is 44.2 Å². The van der Waals surface area contributed by atoms with Crippen LogP contribution in [0.4, 0.5) is 0 Å². The highest BCUT2D eigenvalue weighted by Crippen LogP contribution is 2.23. The lowest BCUT2D eigenvalue weighted by Crippen LogP contribution is -2.42. The Labute approximate surface area is 178 Å². The Bertz CT molecular complexity index is 999. The van der Waals surface area contributed by atoms with Crippen molar-refractivity contribution in [3.63, 3.8) is 0 Å². The van der Waals surface area contributed by atoms with Crippen molar-refractivity contribution in [1.29, 1.82) is 0 Å². The fourth-order valence-electron chi connectivity index (χ4n) is 4.07. The minimum absolute atomic E-state index is 0.0997. The van der Waals surface area contributed by atoms with Gasteiger partial charge in [0.25, 0.3) is 0 Å². The average Bonchev–Trinajstić information content (AvgIpc) is 3.01. The van der Waals surface area contributed by atoms with Gasteiger partial charge in [-0.3, -0.25) is 4.79 Å². The number of imidazole rings is 1. The lowest BCUT2D eigenvalue weighted by atomic mass is 10.2. The first kappa shape index (κ1) is 22.7. The normalized spacial score (nSPS) is 16.0. The predicted molar refractivity (Wildman–Crippen MR) is 116 cm³/mol. The second-order valence-electron chi connectivity index (χ2n) is 8.24. The molecule has 1 aromatic heterocycles. The van der Waals surface area contributed by atoms with Gasteiger partial charge in [-0.25, -0.2) is 13.4 Å². The van der Waals surface area contributed by atoms with E-state index in [0.717, 1.165) is 11.3 Å². The maximum atomic E-state index is 12.9. The predicted octanol–water partition coefficient (Wildman–Crippen LogP) is 2.17. The number of ether oxygens (including phenoxy) is 1. The number of benzene rings is 1. The molecular weight excluding hydrogens is 404 g/mol. The summed E-state index contributed by atoms with van der Waals surface area (Å²) < 4.78 is 34.5. The van der Waals surface area contributed by atoms with Gasteiger partial charge in [0.05, 0.1) is 29.1 Å². The van der Waals surface area contributed by atoms with Gasteiger partial charge in [-0.2, -0.15) is 4.31 Å². The third-order valence-corrected chi connectivity index (χ3v) is 7.41. The molecule has 1 aliphatic rings. The van der Waals surface area contributed by atoms with Gasteiger partial charge in [0, 0.05) is 45.1 Å². The number of rotatable bonds is 7. The summed E-state index contributed by atoms with van der Waals surface area (Å²) in [5.74, 6) is 0.870. The third kappa shape index (κ3) is 4.53. The number of carbonyl (C=O) groups is 1. The van der Waals surface area contributed by atoms with Crippen LogP contribution >= 0.6 is 0 Å². The Balaban J connectivity index is 1.81. The molecule has 1 fully saturated rings. The number of nitrogens with zero attached hydrogens (tertiary/aromatic N) is 4. The number of hydrogen-bond acceptors (Lipinski definition) is 5. The van der Waals surface area contributed by atoms with Gasteiger partial charge >= 0.3 is 0 Å². The van der Waals surface area contributed by atoms with Crippen molar-refractivity contribution in [2.45, 2.75) is 57.5 Å². The van der Waals surface area contributed by atoms with Crippen molar-refractivity contribution in [1.82, 2.24) is 18.8 Å². The molecule has 1 aliphatic heterocycles. The molecule has 0 bridgehead atoms. The molecule has 1 aromatic carbocycles. The fourth-order valence-corrected chi connectivity index (χ4v) is 5.50. The van der Waals surface area contributed by atoms with Crippen LogP contribution in [0.15, 0.2) is 23.1 Å². The van der Waals surface area contributed by atoms with Crippen LogP contribution in [-0.4, -0.2) is 71.5 Å².